The van der Waals surface area contributed by atoms with E-state index in [4.69, 9.17) is 21.1 Å². The number of ether oxygens (including phenoxy) is 2. The summed E-state index contributed by atoms with van der Waals surface area (Å²) in [4.78, 5) is 24.1. The van der Waals surface area contributed by atoms with Crippen LogP contribution in [-0.4, -0.2) is 25.0 Å². The number of esters is 1. The van der Waals surface area contributed by atoms with Crippen molar-refractivity contribution in [3.8, 4) is 5.75 Å². The van der Waals surface area contributed by atoms with Crippen molar-refractivity contribution in [3.05, 3.63) is 64.4 Å². The summed E-state index contributed by atoms with van der Waals surface area (Å²) < 4.78 is 23.7. The van der Waals surface area contributed by atoms with Gasteiger partial charge in [0.1, 0.15) is 18.2 Å². The van der Waals surface area contributed by atoms with Crippen LogP contribution in [0.2, 0.25) is 5.02 Å². The lowest BCUT2D eigenvalue weighted by Gasteiger charge is -2.24. The highest BCUT2D eigenvalue weighted by Gasteiger charge is 2.28. The van der Waals surface area contributed by atoms with Gasteiger partial charge in [-0.15, -0.1) is 0 Å². The van der Waals surface area contributed by atoms with E-state index in [0.29, 0.717) is 17.2 Å². The van der Waals surface area contributed by atoms with Crippen LogP contribution < -0.4 is 4.74 Å². The fraction of sp³-hybridized carbons (Fsp3) is 0.222. The lowest BCUT2D eigenvalue weighted by molar-refractivity contribution is -0.148. The minimum atomic E-state index is -0.523. The summed E-state index contributed by atoms with van der Waals surface area (Å²) >= 11 is 5.94. The van der Waals surface area contributed by atoms with Gasteiger partial charge in [0.15, 0.2) is 12.4 Å². The second kappa shape index (κ2) is 7.01. The highest BCUT2D eigenvalue weighted by molar-refractivity contribution is 6.30. The van der Waals surface area contributed by atoms with Crippen LogP contribution in [0.25, 0.3) is 0 Å². The van der Waals surface area contributed by atoms with Gasteiger partial charge in [-0.05, 0) is 42.3 Å². The number of fused-ring (bicyclic) bond motifs is 1. The normalized spacial score (nSPS) is 16.0. The first-order valence-corrected chi connectivity index (χ1v) is 7.77. The highest BCUT2D eigenvalue weighted by Crippen LogP contribution is 2.30. The topological polar surface area (TPSA) is 52.6 Å². The van der Waals surface area contributed by atoms with Crippen molar-refractivity contribution >= 4 is 23.4 Å². The first-order chi connectivity index (χ1) is 11.5. The van der Waals surface area contributed by atoms with Gasteiger partial charge in [-0.25, -0.2) is 4.39 Å². The molecule has 0 amide bonds. The van der Waals surface area contributed by atoms with E-state index in [1.54, 1.807) is 18.2 Å². The first-order valence-electron chi connectivity index (χ1n) is 7.39. The minimum Gasteiger partial charge on any atom is -0.492 e. The maximum absolute atomic E-state index is 13.1. The van der Waals surface area contributed by atoms with Crippen LogP contribution in [0.15, 0.2) is 42.5 Å². The summed E-state index contributed by atoms with van der Waals surface area (Å²) in [6.45, 7) is -0.247. The summed E-state index contributed by atoms with van der Waals surface area (Å²) in [6, 6.07) is 10.5. The molecule has 0 spiro atoms. The van der Waals surface area contributed by atoms with E-state index in [-0.39, 0.29) is 12.2 Å². The van der Waals surface area contributed by atoms with Gasteiger partial charge < -0.3 is 9.47 Å². The van der Waals surface area contributed by atoms with E-state index in [0.717, 1.165) is 11.6 Å². The lowest BCUT2D eigenvalue weighted by Crippen LogP contribution is -2.31. The van der Waals surface area contributed by atoms with Gasteiger partial charge in [-0.2, -0.15) is 0 Å². The van der Waals surface area contributed by atoms with Gasteiger partial charge >= 0.3 is 5.97 Å². The van der Waals surface area contributed by atoms with Gasteiger partial charge in [0.25, 0.3) is 0 Å². The molecule has 2 aromatic carbocycles. The number of carbonyl (C=O) groups excluding carboxylic acids is 2. The molecule has 0 saturated carbocycles. The molecule has 24 heavy (non-hydrogen) atoms. The van der Waals surface area contributed by atoms with E-state index < -0.39 is 30.1 Å². The number of hydrogen-bond donors (Lipinski definition) is 0. The molecule has 1 atom stereocenters. The fourth-order valence-electron chi connectivity index (χ4n) is 2.51. The zero-order valence-electron chi connectivity index (χ0n) is 12.6. The number of rotatable bonds is 4. The third-order valence-corrected chi connectivity index (χ3v) is 3.99. The van der Waals surface area contributed by atoms with Crippen molar-refractivity contribution in [2.75, 3.05) is 13.2 Å². The number of ketones is 1. The summed E-state index contributed by atoms with van der Waals surface area (Å²) in [7, 11) is 0. The quantitative estimate of drug-likeness (QED) is 0.627. The van der Waals surface area contributed by atoms with Crippen molar-refractivity contribution in [2.45, 2.75) is 6.42 Å². The molecule has 1 aliphatic heterocycles. The van der Waals surface area contributed by atoms with Crippen LogP contribution in [-0.2, 0) is 16.0 Å². The Hall–Kier alpha value is -2.40. The predicted octanol–water partition coefficient (Wildman–Crippen LogP) is 3.46. The Morgan fingerprint density at radius 3 is 2.88 bits per heavy atom. The molecule has 1 heterocycles. The molecule has 0 radical (unpaired) electrons. The second-order valence-corrected chi connectivity index (χ2v) is 5.94. The Balaban J connectivity index is 1.59. The minimum absolute atomic E-state index is 0.167. The molecule has 0 saturated heterocycles. The smallest absolute Gasteiger partial charge is 0.313 e. The van der Waals surface area contributed by atoms with Gasteiger partial charge in [-0.3, -0.25) is 9.59 Å². The van der Waals surface area contributed by atoms with Crippen molar-refractivity contribution < 1.29 is 23.5 Å². The zero-order valence-corrected chi connectivity index (χ0v) is 13.4. The van der Waals surface area contributed by atoms with Gasteiger partial charge in [-0.1, -0.05) is 23.7 Å². The SMILES string of the molecule is O=C(COC(=O)[C@H]1COc2ccc(Cl)cc2C1)c1cccc(F)c1. The van der Waals surface area contributed by atoms with E-state index in [2.05, 4.69) is 0 Å². The van der Waals surface area contributed by atoms with E-state index >= 15 is 0 Å². The number of hydrogen-bond acceptors (Lipinski definition) is 4. The Bertz CT molecular complexity index is 790. The summed E-state index contributed by atoms with van der Waals surface area (Å²) in [5.74, 6) is -1.30. The molecule has 124 valence electrons. The Labute approximate surface area is 143 Å². The van der Waals surface area contributed by atoms with Gasteiger partial charge in [0, 0.05) is 10.6 Å². The van der Waals surface area contributed by atoms with E-state index in [1.807, 2.05) is 0 Å². The van der Waals surface area contributed by atoms with Crippen molar-refractivity contribution in [1.29, 1.82) is 0 Å². The molecule has 0 aliphatic carbocycles. The average molecular weight is 349 g/mol. The Morgan fingerprint density at radius 2 is 2.08 bits per heavy atom. The molecular weight excluding hydrogens is 335 g/mol. The molecule has 3 rings (SSSR count). The van der Waals surface area contributed by atoms with Crippen molar-refractivity contribution in [3.63, 3.8) is 0 Å². The van der Waals surface area contributed by atoms with Crippen molar-refractivity contribution in [2.24, 2.45) is 5.92 Å². The Kier molecular flexibility index (Phi) is 4.81. The Morgan fingerprint density at radius 1 is 1.25 bits per heavy atom. The first kappa shape index (κ1) is 16.5. The van der Waals surface area contributed by atoms with Crippen LogP contribution in [0, 0.1) is 11.7 Å². The van der Waals surface area contributed by atoms with Gasteiger partial charge in [0.2, 0.25) is 0 Å². The van der Waals surface area contributed by atoms with Crippen LogP contribution in [0.1, 0.15) is 15.9 Å². The molecule has 6 heteroatoms. The highest BCUT2D eigenvalue weighted by atomic mass is 35.5. The molecule has 0 bridgehead atoms. The monoisotopic (exact) mass is 348 g/mol. The van der Waals surface area contributed by atoms with E-state index in [1.165, 1.54) is 18.2 Å². The summed E-state index contributed by atoms with van der Waals surface area (Å²) in [5, 5.41) is 0.563. The standard InChI is InChI=1S/C18H14ClFO4/c19-14-4-5-17-12(7-14)6-13(9-23-17)18(22)24-10-16(21)11-2-1-3-15(20)8-11/h1-5,7-8,13H,6,9-10H2/t13-/m1/s1. The number of Topliss-reactive ketones (excluding diaryl/α,β-unsaturated/α-hetero) is 1. The van der Waals surface area contributed by atoms with Crippen LogP contribution >= 0.6 is 11.6 Å². The average Bonchev–Trinajstić information content (AvgIpc) is 2.58. The summed E-state index contributed by atoms with van der Waals surface area (Å²) in [5.41, 5.74) is 0.993. The van der Waals surface area contributed by atoms with Crippen molar-refractivity contribution in [1.82, 2.24) is 0 Å². The third-order valence-electron chi connectivity index (χ3n) is 3.75. The molecule has 0 unspecified atom stereocenters. The molecule has 2 aromatic rings. The van der Waals surface area contributed by atoms with E-state index in [9.17, 15) is 14.0 Å². The van der Waals surface area contributed by atoms with Crippen LogP contribution in [0.3, 0.4) is 0 Å². The molecular formula is C18H14ClFO4. The molecule has 4 nitrogen and oxygen atoms in total. The number of halogens is 2. The van der Waals surface area contributed by atoms with Gasteiger partial charge in [0.05, 0.1) is 5.92 Å². The van der Waals surface area contributed by atoms with Crippen LogP contribution in [0.4, 0.5) is 4.39 Å². The second-order valence-electron chi connectivity index (χ2n) is 5.51. The van der Waals surface area contributed by atoms with Crippen LogP contribution in [0.5, 0.6) is 5.75 Å². The number of benzene rings is 2. The molecule has 0 fully saturated rings. The third kappa shape index (κ3) is 3.74. The maximum atomic E-state index is 13.1. The predicted molar refractivity (Wildman–Crippen MR) is 85.8 cm³/mol. The fourth-order valence-corrected chi connectivity index (χ4v) is 2.71. The molecule has 0 aromatic heterocycles. The summed E-state index contributed by atoms with van der Waals surface area (Å²) in [6.07, 6.45) is 0.433. The largest absolute Gasteiger partial charge is 0.492 e. The zero-order chi connectivity index (χ0) is 17.1. The number of carbonyl (C=O) groups is 2. The maximum Gasteiger partial charge on any atom is 0.313 e. The lowest BCUT2D eigenvalue weighted by atomic mass is 9.97. The molecule has 1 aliphatic rings. The molecule has 0 N–H and O–H groups in total.